The van der Waals surface area contributed by atoms with E-state index in [1.807, 2.05) is 24.3 Å². The molecule has 0 saturated carbocycles. The van der Waals surface area contributed by atoms with Crippen LogP contribution in [0.25, 0.3) is 21.8 Å². The van der Waals surface area contributed by atoms with Crippen molar-refractivity contribution in [3.05, 3.63) is 79.1 Å². The molecule has 5 N–H and O–H groups in total. The average Bonchev–Trinajstić information content (AvgIpc) is 3.18. The summed E-state index contributed by atoms with van der Waals surface area (Å²) in [6, 6.07) is 9.03. The van der Waals surface area contributed by atoms with Crippen molar-refractivity contribution in [1.82, 2.24) is 14.6 Å². The molecule has 34 heavy (non-hydrogen) atoms. The fourth-order valence-electron chi connectivity index (χ4n) is 3.71. The summed E-state index contributed by atoms with van der Waals surface area (Å²) in [6.07, 6.45) is 2.85. The number of benzene rings is 2. The molecule has 0 spiro atoms. The highest BCUT2D eigenvalue weighted by Crippen LogP contribution is 2.29. The molecular formula is C20H20N6O7S. The molecule has 0 bridgehead atoms. The highest BCUT2D eigenvalue weighted by molar-refractivity contribution is 7.91. The maximum atomic E-state index is 12.8. The molecule has 0 radical (unpaired) electrons. The molecular weight excluding hydrogens is 468 g/mol. The summed E-state index contributed by atoms with van der Waals surface area (Å²) in [4.78, 5) is 43.1. The van der Waals surface area contributed by atoms with Gasteiger partial charge < -0.3 is 20.4 Å². The predicted octanol–water partition coefficient (Wildman–Crippen LogP) is 0.598. The highest BCUT2D eigenvalue weighted by atomic mass is 32.2. The van der Waals surface area contributed by atoms with Crippen LogP contribution in [-0.4, -0.2) is 52.0 Å². The number of rotatable bonds is 8. The van der Waals surface area contributed by atoms with Gasteiger partial charge in [-0.1, -0.05) is 18.2 Å². The van der Waals surface area contributed by atoms with Gasteiger partial charge in [-0.3, -0.25) is 14.9 Å². The zero-order chi connectivity index (χ0) is 24.6. The lowest BCUT2D eigenvalue weighted by molar-refractivity contribution is -0.383. The summed E-state index contributed by atoms with van der Waals surface area (Å²) >= 11 is 0. The Morgan fingerprint density at radius 1 is 1.18 bits per heavy atom. The molecule has 1 atom stereocenters. The summed E-state index contributed by atoms with van der Waals surface area (Å²) in [7, 11) is -3.96. The lowest BCUT2D eigenvalue weighted by atomic mass is 10.0. The van der Waals surface area contributed by atoms with Gasteiger partial charge in [-0.2, -0.15) is 4.68 Å². The van der Waals surface area contributed by atoms with E-state index in [-0.39, 0.29) is 27.9 Å². The zero-order valence-electron chi connectivity index (χ0n) is 17.7. The zero-order valence-corrected chi connectivity index (χ0v) is 18.5. The van der Waals surface area contributed by atoms with Crippen molar-refractivity contribution in [3.8, 4) is 0 Å². The summed E-state index contributed by atoms with van der Waals surface area (Å²) in [5.74, 6) is 0. The van der Waals surface area contributed by atoms with Gasteiger partial charge in [0.15, 0.2) is 0 Å². The van der Waals surface area contributed by atoms with Gasteiger partial charge in [0.2, 0.25) is 10.0 Å². The Morgan fingerprint density at radius 3 is 2.59 bits per heavy atom. The minimum atomic E-state index is -3.96. The fourth-order valence-corrected chi connectivity index (χ4v) is 4.21. The molecule has 0 saturated heterocycles. The number of nitro groups is 1. The van der Waals surface area contributed by atoms with E-state index in [9.17, 15) is 33.2 Å². The number of para-hydroxylation sites is 1. The van der Waals surface area contributed by atoms with E-state index in [4.69, 9.17) is 0 Å². The fraction of sp³-hybridized carbons (Fsp3) is 0.200. The number of sulfonamides is 1. The largest absolute Gasteiger partial charge is 0.394 e. The molecule has 2 aromatic carbocycles. The number of fused-ring (bicyclic) bond motifs is 2. The second-order valence-electron chi connectivity index (χ2n) is 7.69. The minimum absolute atomic E-state index is 0.0774. The van der Waals surface area contributed by atoms with Crippen LogP contribution >= 0.6 is 0 Å². The van der Waals surface area contributed by atoms with Crippen LogP contribution < -0.4 is 21.4 Å². The van der Waals surface area contributed by atoms with Crippen molar-refractivity contribution in [1.29, 1.82) is 0 Å². The second-order valence-corrected chi connectivity index (χ2v) is 9.42. The molecule has 0 aliphatic carbocycles. The number of anilines is 1. The number of H-pyrrole nitrogens is 2. The van der Waals surface area contributed by atoms with Crippen molar-refractivity contribution in [2.45, 2.75) is 12.5 Å². The molecule has 0 aliphatic rings. The van der Waals surface area contributed by atoms with E-state index in [2.05, 4.69) is 15.3 Å². The number of hydrogen-bond acceptors (Lipinski definition) is 8. The van der Waals surface area contributed by atoms with Crippen molar-refractivity contribution in [3.63, 3.8) is 0 Å². The highest BCUT2D eigenvalue weighted by Gasteiger charge is 2.22. The molecule has 1 unspecified atom stereocenters. The number of nitrogens with zero attached hydrogens (tertiary/aromatic N) is 2. The van der Waals surface area contributed by atoms with Crippen LogP contribution in [0.5, 0.6) is 0 Å². The molecule has 13 nitrogen and oxygen atoms in total. The Hall–Kier alpha value is -4.17. The third-order valence-electron chi connectivity index (χ3n) is 5.19. The molecule has 0 fully saturated rings. The van der Waals surface area contributed by atoms with Crippen LogP contribution in [0.1, 0.15) is 5.56 Å². The summed E-state index contributed by atoms with van der Waals surface area (Å²) in [5.41, 5.74) is -1.01. The van der Waals surface area contributed by atoms with Crippen LogP contribution in [0.4, 0.5) is 11.4 Å². The summed E-state index contributed by atoms with van der Waals surface area (Å²) < 4.78 is 23.3. The molecule has 2 heterocycles. The first-order valence-electron chi connectivity index (χ1n) is 9.95. The number of aromatic amines is 2. The van der Waals surface area contributed by atoms with E-state index < -0.39 is 37.9 Å². The normalized spacial score (nSPS) is 12.6. The first-order chi connectivity index (χ1) is 16.1. The Bertz CT molecular complexity index is 1640. The van der Waals surface area contributed by atoms with E-state index in [1.54, 1.807) is 11.0 Å². The first-order valence-corrected chi connectivity index (χ1v) is 11.8. The molecule has 0 aliphatic heterocycles. The van der Waals surface area contributed by atoms with E-state index in [1.165, 1.54) is 0 Å². The van der Waals surface area contributed by atoms with Crippen LogP contribution in [0.3, 0.4) is 0 Å². The third kappa shape index (κ3) is 4.49. The molecule has 2 aromatic heterocycles. The molecule has 0 amide bonds. The lowest BCUT2D eigenvalue weighted by Crippen LogP contribution is -2.43. The van der Waals surface area contributed by atoms with Crippen molar-refractivity contribution < 1.29 is 18.4 Å². The summed E-state index contributed by atoms with van der Waals surface area (Å²) in [6.45, 7) is -0.375. The van der Waals surface area contributed by atoms with Gasteiger partial charge in [0, 0.05) is 23.2 Å². The van der Waals surface area contributed by atoms with Gasteiger partial charge >= 0.3 is 5.69 Å². The maximum absolute atomic E-state index is 12.8. The number of nitro benzene ring substituents is 1. The van der Waals surface area contributed by atoms with Gasteiger partial charge in [-0.15, -0.1) is 0 Å². The third-order valence-corrected chi connectivity index (χ3v) is 5.70. The van der Waals surface area contributed by atoms with Crippen LogP contribution in [0.2, 0.25) is 0 Å². The maximum Gasteiger partial charge on any atom is 0.348 e. The van der Waals surface area contributed by atoms with E-state index >= 15 is 0 Å². The van der Waals surface area contributed by atoms with Crippen LogP contribution in [0, 0.1) is 10.1 Å². The topological polar surface area (TPSA) is 192 Å². The summed E-state index contributed by atoms with van der Waals surface area (Å²) in [5, 5.41) is 25.3. The molecule has 4 rings (SSSR count). The Labute approximate surface area is 191 Å². The molecule has 4 aromatic rings. The van der Waals surface area contributed by atoms with Crippen LogP contribution in [0.15, 0.2) is 52.2 Å². The van der Waals surface area contributed by atoms with Gasteiger partial charge in [0.25, 0.3) is 11.2 Å². The standard InChI is InChI=1S/C20H20N6O7S/c1-34(32,33)24-25-19(28)14-7-17(18(26(30)31)8-16(14)23-20(25)29)22-12(10-27)6-11-9-21-15-5-3-2-4-13(11)15/h2-5,7-9,12,21-22,24,27H,6,10H2,1H3,(H,23,29). The van der Waals surface area contributed by atoms with Crippen molar-refractivity contribution >= 4 is 43.2 Å². The Morgan fingerprint density at radius 2 is 1.91 bits per heavy atom. The van der Waals surface area contributed by atoms with Gasteiger partial charge in [-0.25, -0.2) is 18.0 Å². The van der Waals surface area contributed by atoms with Crippen molar-refractivity contribution in [2.24, 2.45) is 0 Å². The smallest absolute Gasteiger partial charge is 0.348 e. The Balaban J connectivity index is 1.78. The number of nitrogens with one attached hydrogen (secondary N) is 4. The van der Waals surface area contributed by atoms with E-state index in [0.29, 0.717) is 6.42 Å². The van der Waals surface area contributed by atoms with Crippen molar-refractivity contribution in [2.75, 3.05) is 23.0 Å². The van der Waals surface area contributed by atoms with E-state index in [0.717, 1.165) is 34.9 Å². The first kappa shape index (κ1) is 23.0. The Kier molecular flexibility index (Phi) is 5.85. The number of hydrogen-bond donors (Lipinski definition) is 5. The second kappa shape index (κ2) is 8.64. The van der Waals surface area contributed by atoms with Gasteiger partial charge in [0.05, 0.1) is 34.7 Å². The number of aliphatic hydroxyl groups is 1. The molecule has 178 valence electrons. The molecule has 14 heteroatoms. The lowest BCUT2D eigenvalue weighted by Gasteiger charge is -2.18. The monoisotopic (exact) mass is 488 g/mol. The van der Waals surface area contributed by atoms with Gasteiger partial charge in [-0.05, 0) is 24.1 Å². The average molecular weight is 488 g/mol. The van der Waals surface area contributed by atoms with Crippen LogP contribution in [-0.2, 0) is 16.4 Å². The quantitative estimate of drug-likeness (QED) is 0.176. The SMILES string of the molecule is CS(=O)(=O)Nn1c(=O)[nH]c2cc([N+](=O)[O-])c(NC(CO)Cc3c[nH]c4ccccc34)cc2c1=O. The number of aliphatic hydroxyl groups excluding tert-OH is 1. The minimum Gasteiger partial charge on any atom is -0.394 e. The predicted molar refractivity (Wildman–Crippen MR) is 126 cm³/mol. The number of aromatic nitrogens is 3. The van der Waals surface area contributed by atoms with Gasteiger partial charge in [0.1, 0.15) is 5.69 Å².